The highest BCUT2D eigenvalue weighted by molar-refractivity contribution is 7.07. The second-order valence-electron chi connectivity index (χ2n) is 6.88. The molecule has 0 aliphatic carbocycles. The highest BCUT2D eigenvalue weighted by atomic mass is 32.1. The second-order valence-corrected chi connectivity index (χ2v) is 7.72. The highest BCUT2D eigenvalue weighted by Crippen LogP contribution is 2.41. The second kappa shape index (κ2) is 10.1. The van der Waals surface area contributed by atoms with Crippen LogP contribution in [0.2, 0.25) is 0 Å². The Hall–Kier alpha value is -3.13. The molecule has 0 radical (unpaired) electrons. The predicted molar refractivity (Wildman–Crippen MR) is 120 cm³/mol. The molecule has 8 heteroatoms. The molecule has 0 aliphatic rings. The van der Waals surface area contributed by atoms with Gasteiger partial charge in [0.05, 0.1) is 38.9 Å². The fourth-order valence-electron chi connectivity index (χ4n) is 2.79. The van der Waals surface area contributed by atoms with E-state index < -0.39 is 0 Å². The average Bonchev–Trinajstić information content (AvgIpc) is 3.15. The summed E-state index contributed by atoms with van der Waals surface area (Å²) >= 11 is 1.50. The van der Waals surface area contributed by atoms with E-state index in [0.29, 0.717) is 23.2 Å². The molecule has 0 fully saturated rings. The maximum atomic E-state index is 5.51. The summed E-state index contributed by atoms with van der Waals surface area (Å²) in [5.41, 5.74) is 2.53. The van der Waals surface area contributed by atoms with E-state index in [1.165, 1.54) is 11.3 Å². The lowest BCUT2D eigenvalue weighted by atomic mass is 10.1. The van der Waals surface area contributed by atoms with Crippen LogP contribution in [0.4, 0.5) is 5.69 Å². The zero-order valence-corrected chi connectivity index (χ0v) is 18.6. The van der Waals surface area contributed by atoms with Crippen LogP contribution in [0.1, 0.15) is 20.3 Å². The SMILES string of the molecule is COc1cc(-c2csc(=Nc3cccnc3)n2N=CCC(C)C)cc(OC)c1OC. The van der Waals surface area contributed by atoms with Crippen LogP contribution in [0, 0.1) is 5.92 Å². The van der Waals surface area contributed by atoms with Gasteiger partial charge in [-0.25, -0.2) is 9.67 Å². The van der Waals surface area contributed by atoms with E-state index in [9.17, 15) is 0 Å². The summed E-state index contributed by atoms with van der Waals surface area (Å²) in [4.78, 5) is 9.61. The molecular formula is C22H26N4O3S. The summed E-state index contributed by atoms with van der Waals surface area (Å²) < 4.78 is 18.3. The molecule has 0 aliphatic heterocycles. The minimum Gasteiger partial charge on any atom is -0.493 e. The van der Waals surface area contributed by atoms with E-state index in [0.717, 1.165) is 28.2 Å². The van der Waals surface area contributed by atoms with Gasteiger partial charge in [-0.2, -0.15) is 5.10 Å². The Morgan fingerprint density at radius 1 is 1.13 bits per heavy atom. The molecule has 3 aromatic rings. The molecule has 0 saturated heterocycles. The molecule has 0 saturated carbocycles. The molecule has 7 nitrogen and oxygen atoms in total. The van der Waals surface area contributed by atoms with Gasteiger partial charge in [-0.1, -0.05) is 13.8 Å². The Bertz CT molecular complexity index is 1050. The number of thiazole rings is 1. The number of pyridine rings is 1. The lowest BCUT2D eigenvalue weighted by Crippen LogP contribution is -2.11. The molecule has 1 aromatic carbocycles. The number of benzene rings is 1. The van der Waals surface area contributed by atoms with Gasteiger partial charge in [0.1, 0.15) is 0 Å². The normalized spacial score (nSPS) is 12.0. The number of aromatic nitrogens is 2. The summed E-state index contributed by atoms with van der Waals surface area (Å²) in [6, 6.07) is 7.59. The molecule has 0 N–H and O–H groups in total. The third kappa shape index (κ3) is 4.88. The first-order valence-corrected chi connectivity index (χ1v) is 10.4. The summed E-state index contributed by atoms with van der Waals surface area (Å²) in [5.74, 6) is 2.23. The van der Waals surface area contributed by atoms with Gasteiger partial charge in [0, 0.05) is 23.4 Å². The fourth-order valence-corrected chi connectivity index (χ4v) is 3.64. The minimum atomic E-state index is 0.510. The van der Waals surface area contributed by atoms with Crippen molar-refractivity contribution in [3.05, 3.63) is 46.8 Å². The topological polar surface area (TPSA) is 70.2 Å². The highest BCUT2D eigenvalue weighted by Gasteiger charge is 2.17. The number of nitrogens with zero attached hydrogens (tertiary/aromatic N) is 4. The maximum Gasteiger partial charge on any atom is 0.211 e. The average molecular weight is 427 g/mol. The van der Waals surface area contributed by atoms with Crippen molar-refractivity contribution in [3.63, 3.8) is 0 Å². The standard InChI is InChI=1S/C22H26N4O3S/c1-15(2)8-10-24-26-18(14-30-22(26)25-17-7-6-9-23-13-17)16-11-19(27-3)21(29-5)20(12-16)28-4/h6-7,9-15H,8H2,1-5H3. The predicted octanol–water partition coefficient (Wildman–Crippen LogP) is 4.75. The third-order valence-electron chi connectivity index (χ3n) is 4.29. The van der Waals surface area contributed by atoms with Gasteiger partial charge in [-0.3, -0.25) is 4.98 Å². The van der Waals surface area contributed by atoms with Gasteiger partial charge in [-0.05, 0) is 36.6 Å². The molecule has 3 rings (SSSR count). The van der Waals surface area contributed by atoms with Gasteiger partial charge in [0.25, 0.3) is 0 Å². The molecule has 0 amide bonds. The molecule has 0 spiro atoms. The molecule has 2 aromatic heterocycles. The lowest BCUT2D eigenvalue weighted by molar-refractivity contribution is 0.324. The van der Waals surface area contributed by atoms with Gasteiger partial charge in [0.15, 0.2) is 11.5 Å². The summed E-state index contributed by atoms with van der Waals surface area (Å²) in [5, 5.41) is 6.72. The summed E-state index contributed by atoms with van der Waals surface area (Å²) in [6.07, 6.45) is 6.23. The first-order valence-electron chi connectivity index (χ1n) is 9.55. The van der Waals surface area contributed by atoms with Crippen molar-refractivity contribution in [2.24, 2.45) is 16.0 Å². The van der Waals surface area contributed by atoms with Crippen LogP contribution in [-0.4, -0.2) is 37.2 Å². The van der Waals surface area contributed by atoms with E-state index >= 15 is 0 Å². The van der Waals surface area contributed by atoms with Gasteiger partial charge in [-0.15, -0.1) is 11.3 Å². The van der Waals surface area contributed by atoms with Gasteiger partial charge < -0.3 is 14.2 Å². The fraction of sp³-hybridized carbons (Fsp3) is 0.318. The summed E-state index contributed by atoms with van der Waals surface area (Å²) in [6.45, 7) is 4.32. The minimum absolute atomic E-state index is 0.510. The first kappa shape index (κ1) is 21.6. The van der Waals surface area contributed by atoms with Crippen molar-refractivity contribution in [2.45, 2.75) is 20.3 Å². The Balaban J connectivity index is 2.18. The Labute approximate surface area is 180 Å². The quantitative estimate of drug-likeness (QED) is 0.488. The number of rotatable bonds is 8. The van der Waals surface area contributed by atoms with Crippen LogP contribution < -0.4 is 19.0 Å². The Kier molecular flexibility index (Phi) is 7.24. The zero-order chi connectivity index (χ0) is 21.5. The third-order valence-corrected chi connectivity index (χ3v) is 5.11. The van der Waals surface area contributed by atoms with Crippen LogP contribution >= 0.6 is 11.3 Å². The van der Waals surface area contributed by atoms with Gasteiger partial charge in [0.2, 0.25) is 10.6 Å². The lowest BCUT2D eigenvalue weighted by Gasteiger charge is -2.14. The molecule has 0 atom stereocenters. The van der Waals surface area contributed by atoms with E-state index in [-0.39, 0.29) is 0 Å². The smallest absolute Gasteiger partial charge is 0.211 e. The molecule has 158 valence electrons. The van der Waals surface area contributed by atoms with E-state index in [1.807, 2.05) is 40.5 Å². The van der Waals surface area contributed by atoms with Crippen LogP contribution in [0.25, 0.3) is 11.3 Å². The van der Waals surface area contributed by atoms with Crippen molar-refractivity contribution in [2.75, 3.05) is 21.3 Å². The van der Waals surface area contributed by atoms with Crippen LogP contribution in [0.15, 0.2) is 52.1 Å². The van der Waals surface area contributed by atoms with E-state index in [1.54, 1.807) is 33.7 Å². The van der Waals surface area contributed by atoms with Crippen LogP contribution in [0.3, 0.4) is 0 Å². The monoisotopic (exact) mass is 426 g/mol. The van der Waals surface area contributed by atoms with Crippen LogP contribution in [0.5, 0.6) is 17.2 Å². The van der Waals surface area contributed by atoms with Crippen molar-refractivity contribution >= 4 is 23.2 Å². The first-order chi connectivity index (χ1) is 14.6. The zero-order valence-electron chi connectivity index (χ0n) is 17.8. The van der Waals surface area contributed by atoms with Crippen molar-refractivity contribution in [1.82, 2.24) is 9.66 Å². The maximum absolute atomic E-state index is 5.51. The number of ether oxygens (including phenoxy) is 3. The molecular weight excluding hydrogens is 400 g/mol. The van der Waals surface area contributed by atoms with Crippen molar-refractivity contribution < 1.29 is 14.2 Å². The molecule has 0 bridgehead atoms. The summed E-state index contributed by atoms with van der Waals surface area (Å²) in [7, 11) is 4.80. The molecule has 2 heterocycles. The Morgan fingerprint density at radius 3 is 2.43 bits per heavy atom. The van der Waals surface area contributed by atoms with Crippen LogP contribution in [-0.2, 0) is 0 Å². The van der Waals surface area contributed by atoms with E-state index in [2.05, 4.69) is 18.8 Å². The number of hydrogen-bond acceptors (Lipinski definition) is 7. The number of hydrogen-bond donors (Lipinski definition) is 0. The van der Waals surface area contributed by atoms with Crippen molar-refractivity contribution in [3.8, 4) is 28.5 Å². The Morgan fingerprint density at radius 2 is 1.87 bits per heavy atom. The largest absolute Gasteiger partial charge is 0.493 e. The molecule has 0 unspecified atom stereocenters. The van der Waals surface area contributed by atoms with Gasteiger partial charge >= 0.3 is 0 Å². The number of methoxy groups -OCH3 is 3. The van der Waals surface area contributed by atoms with Crippen molar-refractivity contribution in [1.29, 1.82) is 0 Å². The molecule has 30 heavy (non-hydrogen) atoms. The van der Waals surface area contributed by atoms with E-state index in [4.69, 9.17) is 24.3 Å².